The summed E-state index contributed by atoms with van der Waals surface area (Å²) in [5.74, 6) is 0.879. The molecule has 1 aromatic heterocycles. The first-order valence-corrected chi connectivity index (χ1v) is 8.86. The van der Waals surface area contributed by atoms with Crippen molar-refractivity contribution in [3.63, 3.8) is 0 Å². The van der Waals surface area contributed by atoms with E-state index in [1.54, 1.807) is 7.11 Å². The molecule has 0 amide bonds. The lowest BCUT2D eigenvalue weighted by Crippen LogP contribution is -2.25. The predicted octanol–water partition coefficient (Wildman–Crippen LogP) is 4.20. The van der Waals surface area contributed by atoms with E-state index in [0.717, 1.165) is 24.3 Å². The zero-order valence-corrected chi connectivity index (χ0v) is 14.9. The van der Waals surface area contributed by atoms with Crippen LogP contribution >= 0.6 is 0 Å². The second-order valence-corrected chi connectivity index (χ2v) is 6.21. The van der Waals surface area contributed by atoms with E-state index in [2.05, 4.69) is 41.6 Å². The number of aryl methyl sites for hydroxylation is 1. The largest absolute Gasteiger partial charge is 0.497 e. The monoisotopic (exact) mass is 319 g/mol. The summed E-state index contributed by atoms with van der Waals surface area (Å²) < 4.78 is 15.4. The van der Waals surface area contributed by atoms with Crippen molar-refractivity contribution >= 4 is 11.0 Å². The van der Waals surface area contributed by atoms with Crippen LogP contribution in [0.1, 0.15) is 51.9 Å². The first-order valence-electron chi connectivity index (χ1n) is 8.86. The molecule has 0 N–H and O–H groups in total. The summed E-state index contributed by atoms with van der Waals surface area (Å²) in [5.41, 5.74) is 2.33. The normalized spacial score (nSPS) is 11.3. The Hall–Kier alpha value is -1.55. The number of hydrogen-bond donors (Lipinski definition) is 0. The zero-order valence-electron chi connectivity index (χ0n) is 14.9. The minimum absolute atomic E-state index is 0.598. The van der Waals surface area contributed by atoms with Crippen LogP contribution in [0.4, 0.5) is 0 Å². The van der Waals surface area contributed by atoms with Crippen LogP contribution in [0.5, 0.6) is 5.75 Å². The van der Waals surface area contributed by atoms with Gasteiger partial charge in [-0.15, -0.1) is 0 Å². The third-order valence-electron chi connectivity index (χ3n) is 4.31. The van der Waals surface area contributed by atoms with E-state index in [9.17, 15) is 0 Å². The number of fused-ring (bicyclic) bond motifs is 1. The Kier molecular flexibility index (Phi) is 7.40. The maximum Gasteiger partial charge on any atom is 0.246 e. The van der Waals surface area contributed by atoms with Gasteiger partial charge in [0, 0.05) is 6.07 Å². The second-order valence-electron chi connectivity index (χ2n) is 6.21. The quantitative estimate of drug-likeness (QED) is 0.458. The van der Waals surface area contributed by atoms with Crippen molar-refractivity contribution in [2.24, 2.45) is 7.05 Å². The van der Waals surface area contributed by atoms with Crippen LogP contribution in [0.2, 0.25) is 0 Å². The minimum Gasteiger partial charge on any atom is -0.497 e. The minimum atomic E-state index is 0.598. The number of hydrogen-bond acceptors (Lipinski definition) is 2. The Balaban J connectivity index is 1.74. The first-order chi connectivity index (χ1) is 11.3. The lowest BCUT2D eigenvalue weighted by Gasteiger charge is -2.03. The average Bonchev–Trinajstić information content (AvgIpc) is 2.89. The number of nitrogens with zero attached hydrogens (tertiary/aromatic N) is 2. The maximum absolute atomic E-state index is 5.85. The Labute approximate surface area is 140 Å². The summed E-state index contributed by atoms with van der Waals surface area (Å²) in [4.78, 5) is 0. The molecule has 2 rings (SSSR count). The first kappa shape index (κ1) is 17.8. The van der Waals surface area contributed by atoms with Gasteiger partial charge in [-0.05, 0) is 18.6 Å². The van der Waals surface area contributed by atoms with Crippen molar-refractivity contribution in [1.29, 1.82) is 0 Å². The van der Waals surface area contributed by atoms with Gasteiger partial charge in [0.1, 0.15) is 5.75 Å². The number of benzene rings is 1. The number of imidazole rings is 1. The summed E-state index contributed by atoms with van der Waals surface area (Å²) in [6.45, 7) is 3.69. The van der Waals surface area contributed by atoms with E-state index in [-0.39, 0.29) is 0 Å². The van der Waals surface area contributed by atoms with Gasteiger partial charge in [0.05, 0.1) is 20.8 Å². The molecule has 0 saturated heterocycles. The van der Waals surface area contributed by atoms with Crippen LogP contribution in [0, 0.1) is 0 Å². The molecular formula is C19H31N2O2+. The molecule has 2 aromatic rings. The van der Waals surface area contributed by atoms with Crippen molar-refractivity contribution in [1.82, 2.24) is 4.57 Å². The van der Waals surface area contributed by atoms with Gasteiger partial charge in [-0.3, -0.25) is 0 Å². The summed E-state index contributed by atoms with van der Waals surface area (Å²) >= 11 is 0. The van der Waals surface area contributed by atoms with Crippen molar-refractivity contribution in [2.75, 3.05) is 13.7 Å². The van der Waals surface area contributed by atoms with E-state index in [4.69, 9.17) is 9.47 Å². The molecular weight excluding hydrogens is 288 g/mol. The van der Waals surface area contributed by atoms with Gasteiger partial charge in [0.2, 0.25) is 6.33 Å². The molecule has 0 aliphatic heterocycles. The van der Waals surface area contributed by atoms with E-state index in [1.807, 2.05) is 6.07 Å². The molecule has 0 radical (unpaired) electrons. The Morgan fingerprint density at radius 2 is 1.78 bits per heavy atom. The molecule has 0 spiro atoms. The van der Waals surface area contributed by atoms with Crippen molar-refractivity contribution in [3.05, 3.63) is 24.5 Å². The van der Waals surface area contributed by atoms with Crippen LogP contribution in [0.25, 0.3) is 11.0 Å². The number of rotatable bonds is 11. The lowest BCUT2D eigenvalue weighted by atomic mass is 10.1. The molecule has 0 fully saturated rings. The van der Waals surface area contributed by atoms with Crippen LogP contribution in [-0.2, 0) is 18.5 Å². The molecule has 0 bridgehead atoms. The van der Waals surface area contributed by atoms with Gasteiger partial charge in [-0.1, -0.05) is 45.4 Å². The molecule has 1 heterocycles. The summed E-state index contributed by atoms with van der Waals surface area (Å²) in [6, 6.07) is 6.14. The highest BCUT2D eigenvalue weighted by Crippen LogP contribution is 2.18. The van der Waals surface area contributed by atoms with Crippen molar-refractivity contribution < 1.29 is 14.0 Å². The third-order valence-corrected chi connectivity index (χ3v) is 4.31. The third kappa shape index (κ3) is 5.24. The van der Waals surface area contributed by atoms with E-state index < -0.39 is 0 Å². The highest BCUT2D eigenvalue weighted by molar-refractivity contribution is 5.73. The fourth-order valence-corrected chi connectivity index (χ4v) is 2.92. The summed E-state index contributed by atoms with van der Waals surface area (Å²) in [6.07, 6.45) is 11.3. The standard InChI is InChI=1S/C19H31N2O2/c1-4-5-6-7-8-9-10-13-23-16-21-15-20(2)18-12-11-17(22-3)14-19(18)21/h11-12,14-15H,4-10,13,16H2,1-3H3/q+1. The smallest absolute Gasteiger partial charge is 0.246 e. The van der Waals surface area contributed by atoms with Gasteiger partial charge in [0.15, 0.2) is 17.8 Å². The molecule has 0 unspecified atom stereocenters. The van der Waals surface area contributed by atoms with Gasteiger partial charge in [0.25, 0.3) is 0 Å². The molecule has 4 nitrogen and oxygen atoms in total. The number of methoxy groups -OCH3 is 1. The topological polar surface area (TPSA) is 27.3 Å². The highest BCUT2D eigenvalue weighted by Gasteiger charge is 2.13. The zero-order chi connectivity index (χ0) is 16.5. The fourth-order valence-electron chi connectivity index (χ4n) is 2.92. The Morgan fingerprint density at radius 3 is 2.52 bits per heavy atom. The van der Waals surface area contributed by atoms with Gasteiger partial charge < -0.3 is 9.47 Å². The van der Waals surface area contributed by atoms with Gasteiger partial charge in [-0.25, -0.2) is 9.13 Å². The molecule has 23 heavy (non-hydrogen) atoms. The van der Waals surface area contributed by atoms with E-state index in [0.29, 0.717) is 6.73 Å². The van der Waals surface area contributed by atoms with E-state index in [1.165, 1.54) is 44.0 Å². The SMILES string of the molecule is CCCCCCCCCOCn1c[n+](C)c2ccc(OC)cc21. The second kappa shape index (κ2) is 9.56. The molecule has 128 valence electrons. The van der Waals surface area contributed by atoms with Crippen LogP contribution in [0.15, 0.2) is 24.5 Å². The molecule has 0 aliphatic rings. The van der Waals surface area contributed by atoms with Crippen molar-refractivity contribution in [2.45, 2.75) is 58.6 Å². The summed E-state index contributed by atoms with van der Waals surface area (Å²) in [7, 11) is 3.76. The molecule has 0 saturated carbocycles. The Morgan fingerprint density at radius 1 is 1.04 bits per heavy atom. The number of unbranched alkanes of at least 4 members (excludes halogenated alkanes) is 6. The molecule has 1 aromatic carbocycles. The van der Waals surface area contributed by atoms with Crippen LogP contribution < -0.4 is 9.30 Å². The lowest BCUT2D eigenvalue weighted by molar-refractivity contribution is -0.646. The average molecular weight is 319 g/mol. The molecule has 0 aliphatic carbocycles. The molecule has 0 atom stereocenters. The van der Waals surface area contributed by atoms with Crippen LogP contribution in [-0.4, -0.2) is 18.3 Å². The summed E-state index contributed by atoms with van der Waals surface area (Å²) in [5, 5.41) is 0. The van der Waals surface area contributed by atoms with Gasteiger partial charge in [-0.2, -0.15) is 0 Å². The number of aromatic nitrogens is 2. The maximum atomic E-state index is 5.85. The fraction of sp³-hybridized carbons (Fsp3) is 0.632. The van der Waals surface area contributed by atoms with Crippen molar-refractivity contribution in [3.8, 4) is 5.75 Å². The molecule has 4 heteroatoms. The van der Waals surface area contributed by atoms with E-state index >= 15 is 0 Å². The predicted molar refractivity (Wildman–Crippen MR) is 93.6 cm³/mol. The van der Waals surface area contributed by atoms with Crippen LogP contribution in [0.3, 0.4) is 0 Å². The highest BCUT2D eigenvalue weighted by atomic mass is 16.5. The van der Waals surface area contributed by atoms with Gasteiger partial charge >= 0.3 is 0 Å². The Bertz CT molecular complexity index is 592. The number of ether oxygens (including phenoxy) is 2.